The molecular weight excluding hydrogens is 465 g/mol. The lowest BCUT2D eigenvalue weighted by Gasteiger charge is -2.35. The molecule has 1 saturated heterocycles. The van der Waals surface area contributed by atoms with E-state index in [0.717, 1.165) is 32.1 Å². The predicted molar refractivity (Wildman–Crippen MR) is 127 cm³/mol. The average Bonchev–Trinajstić information content (AvgIpc) is 3.09. The summed E-state index contributed by atoms with van der Waals surface area (Å²) in [5.74, 6) is -1.10. The molecule has 0 radical (unpaired) electrons. The maximum atomic E-state index is 13.3. The number of carbonyl (C=O) groups excluding carboxylic acids is 2. The second-order valence-corrected chi connectivity index (χ2v) is 9.08. The lowest BCUT2D eigenvalue weighted by molar-refractivity contribution is -0.141. The molecule has 174 valence electrons. The highest BCUT2D eigenvalue weighted by Gasteiger charge is 2.49. The Morgan fingerprint density at radius 2 is 1.61 bits per heavy atom. The van der Waals surface area contributed by atoms with Crippen molar-refractivity contribution in [3.05, 3.63) is 63.1 Å². The maximum absolute atomic E-state index is 13.3. The van der Waals surface area contributed by atoms with Crippen LogP contribution in [0.3, 0.4) is 0 Å². The SMILES string of the molecule is COc1cc(/C(O)=C2\C(=O)C(=O)N(C3CCCCC3)C2c2ccc(Cl)cc2)c(OC)cc1Cl. The van der Waals surface area contributed by atoms with E-state index in [1.165, 1.54) is 26.4 Å². The number of aliphatic hydroxyl groups is 1. The van der Waals surface area contributed by atoms with Crippen molar-refractivity contribution in [2.75, 3.05) is 14.2 Å². The monoisotopic (exact) mass is 489 g/mol. The van der Waals surface area contributed by atoms with E-state index in [1.54, 1.807) is 29.2 Å². The first-order chi connectivity index (χ1) is 15.9. The molecule has 2 aliphatic rings. The van der Waals surface area contributed by atoms with E-state index in [4.69, 9.17) is 32.7 Å². The summed E-state index contributed by atoms with van der Waals surface area (Å²) < 4.78 is 10.7. The Kier molecular flexibility index (Phi) is 6.86. The molecule has 0 spiro atoms. The minimum Gasteiger partial charge on any atom is -0.507 e. The van der Waals surface area contributed by atoms with Crippen molar-refractivity contribution in [1.29, 1.82) is 0 Å². The number of aliphatic hydroxyl groups excluding tert-OH is 1. The molecule has 1 amide bonds. The van der Waals surface area contributed by atoms with Crippen LogP contribution in [0.5, 0.6) is 11.5 Å². The zero-order valence-corrected chi connectivity index (χ0v) is 19.9. The van der Waals surface area contributed by atoms with Crippen LogP contribution < -0.4 is 9.47 Å². The van der Waals surface area contributed by atoms with Gasteiger partial charge in [0.1, 0.15) is 17.3 Å². The Morgan fingerprint density at radius 1 is 0.970 bits per heavy atom. The van der Waals surface area contributed by atoms with Gasteiger partial charge in [-0.15, -0.1) is 0 Å². The molecule has 2 aromatic rings. The summed E-state index contributed by atoms with van der Waals surface area (Å²) in [6, 6.07) is 9.17. The molecule has 8 heteroatoms. The van der Waals surface area contributed by atoms with Gasteiger partial charge in [0.05, 0.1) is 36.4 Å². The van der Waals surface area contributed by atoms with Gasteiger partial charge in [-0.3, -0.25) is 9.59 Å². The quantitative estimate of drug-likeness (QED) is 0.328. The minimum absolute atomic E-state index is 0.00979. The van der Waals surface area contributed by atoms with Crippen molar-refractivity contribution >= 4 is 40.7 Å². The lowest BCUT2D eigenvalue weighted by Crippen LogP contribution is -2.40. The molecule has 1 N–H and O–H groups in total. The number of hydrogen-bond acceptors (Lipinski definition) is 5. The molecule has 6 nitrogen and oxygen atoms in total. The molecule has 1 atom stereocenters. The van der Waals surface area contributed by atoms with E-state index < -0.39 is 17.7 Å². The van der Waals surface area contributed by atoms with Gasteiger partial charge in [0.25, 0.3) is 11.7 Å². The number of amides is 1. The first-order valence-corrected chi connectivity index (χ1v) is 11.6. The molecule has 0 bridgehead atoms. The highest BCUT2D eigenvalue weighted by atomic mass is 35.5. The average molecular weight is 490 g/mol. The summed E-state index contributed by atoms with van der Waals surface area (Å²) in [6.07, 6.45) is 4.71. The van der Waals surface area contributed by atoms with Crippen LogP contribution in [0.1, 0.15) is 49.3 Å². The Labute approximate surface area is 202 Å². The number of rotatable bonds is 5. The third-order valence-electron chi connectivity index (χ3n) is 6.36. The minimum atomic E-state index is -0.739. The zero-order valence-electron chi connectivity index (χ0n) is 18.4. The van der Waals surface area contributed by atoms with Gasteiger partial charge in [-0.1, -0.05) is 54.6 Å². The van der Waals surface area contributed by atoms with Crippen molar-refractivity contribution in [3.8, 4) is 11.5 Å². The summed E-state index contributed by atoms with van der Waals surface area (Å²) in [7, 11) is 2.89. The zero-order chi connectivity index (χ0) is 23.7. The van der Waals surface area contributed by atoms with Crippen molar-refractivity contribution in [2.24, 2.45) is 0 Å². The first-order valence-electron chi connectivity index (χ1n) is 10.8. The third kappa shape index (κ3) is 4.30. The van der Waals surface area contributed by atoms with E-state index >= 15 is 0 Å². The lowest BCUT2D eigenvalue weighted by atomic mass is 9.91. The van der Waals surface area contributed by atoms with Gasteiger partial charge in [0.15, 0.2) is 0 Å². The van der Waals surface area contributed by atoms with Crippen LogP contribution in [0, 0.1) is 0 Å². The number of likely N-dealkylation sites (tertiary alicyclic amines) is 1. The van der Waals surface area contributed by atoms with Gasteiger partial charge in [0, 0.05) is 17.1 Å². The first kappa shape index (κ1) is 23.5. The van der Waals surface area contributed by atoms with Crippen LogP contribution in [-0.2, 0) is 9.59 Å². The molecule has 33 heavy (non-hydrogen) atoms. The molecule has 1 unspecified atom stereocenters. The fourth-order valence-corrected chi connectivity index (χ4v) is 5.11. The number of halogens is 2. The van der Waals surface area contributed by atoms with Crippen LogP contribution in [-0.4, -0.2) is 42.0 Å². The second kappa shape index (κ2) is 9.65. The van der Waals surface area contributed by atoms with Gasteiger partial charge >= 0.3 is 0 Å². The number of Topliss-reactive ketones (excluding diaryl/α,β-unsaturated/α-hetero) is 1. The number of hydrogen-bond donors (Lipinski definition) is 1. The van der Waals surface area contributed by atoms with Crippen LogP contribution in [0.2, 0.25) is 10.0 Å². The number of ketones is 1. The Hall–Kier alpha value is -2.70. The highest BCUT2D eigenvalue weighted by molar-refractivity contribution is 6.46. The van der Waals surface area contributed by atoms with Crippen molar-refractivity contribution in [3.63, 3.8) is 0 Å². The van der Waals surface area contributed by atoms with Gasteiger partial charge in [-0.25, -0.2) is 0 Å². The molecule has 1 saturated carbocycles. The molecule has 2 aromatic carbocycles. The standard InChI is InChI=1S/C25H25Cl2NO5/c1-32-19-13-18(27)20(33-2)12-17(19)23(29)21-22(14-8-10-15(26)11-9-14)28(25(31)24(21)30)16-6-4-3-5-7-16/h8-13,16,22,29H,3-7H2,1-2H3/b23-21+. The van der Waals surface area contributed by atoms with E-state index in [0.29, 0.717) is 21.4 Å². The summed E-state index contributed by atoms with van der Waals surface area (Å²) in [6.45, 7) is 0. The number of methoxy groups -OCH3 is 2. The van der Waals surface area contributed by atoms with Crippen LogP contribution in [0.15, 0.2) is 42.0 Å². The fraction of sp³-hybridized carbons (Fsp3) is 0.360. The van der Waals surface area contributed by atoms with Gasteiger partial charge in [-0.2, -0.15) is 0 Å². The van der Waals surface area contributed by atoms with Crippen LogP contribution >= 0.6 is 23.2 Å². The Balaban J connectivity index is 1.93. The maximum Gasteiger partial charge on any atom is 0.295 e. The summed E-state index contributed by atoms with van der Waals surface area (Å²) >= 11 is 12.3. The molecular formula is C25H25Cl2NO5. The van der Waals surface area contributed by atoms with Gasteiger partial charge in [-0.05, 0) is 36.6 Å². The van der Waals surface area contributed by atoms with Crippen molar-refractivity contribution in [1.82, 2.24) is 4.90 Å². The van der Waals surface area contributed by atoms with E-state index in [1.807, 2.05) is 0 Å². The molecule has 1 aliphatic heterocycles. The van der Waals surface area contributed by atoms with Crippen LogP contribution in [0.25, 0.3) is 5.76 Å². The van der Waals surface area contributed by atoms with E-state index in [2.05, 4.69) is 0 Å². The van der Waals surface area contributed by atoms with Crippen molar-refractivity contribution < 1.29 is 24.2 Å². The largest absolute Gasteiger partial charge is 0.507 e. The molecule has 0 aromatic heterocycles. The van der Waals surface area contributed by atoms with E-state index in [9.17, 15) is 14.7 Å². The summed E-state index contributed by atoms with van der Waals surface area (Å²) in [5.41, 5.74) is 0.931. The molecule has 1 aliphatic carbocycles. The molecule has 2 fully saturated rings. The number of carbonyl (C=O) groups is 2. The Morgan fingerprint density at radius 3 is 2.21 bits per heavy atom. The van der Waals surface area contributed by atoms with Gasteiger partial charge in [0.2, 0.25) is 0 Å². The van der Waals surface area contributed by atoms with Gasteiger partial charge < -0.3 is 19.5 Å². The van der Waals surface area contributed by atoms with E-state index in [-0.39, 0.29) is 28.7 Å². The second-order valence-electron chi connectivity index (χ2n) is 8.24. The van der Waals surface area contributed by atoms with Crippen molar-refractivity contribution in [2.45, 2.75) is 44.2 Å². The molecule has 4 rings (SSSR count). The summed E-state index contributed by atoms with van der Waals surface area (Å²) in [5, 5.41) is 12.2. The number of ether oxygens (including phenoxy) is 2. The third-order valence-corrected chi connectivity index (χ3v) is 6.91. The normalized spacial score (nSPS) is 20.8. The molecule has 1 heterocycles. The highest BCUT2D eigenvalue weighted by Crippen LogP contribution is 2.45. The fourth-order valence-electron chi connectivity index (χ4n) is 4.75. The number of nitrogens with zero attached hydrogens (tertiary/aromatic N) is 1. The summed E-state index contributed by atoms with van der Waals surface area (Å²) in [4.78, 5) is 28.2. The number of benzene rings is 2. The predicted octanol–water partition coefficient (Wildman–Crippen LogP) is 5.77. The smallest absolute Gasteiger partial charge is 0.295 e. The van der Waals surface area contributed by atoms with Crippen LogP contribution in [0.4, 0.5) is 0 Å². The Bertz CT molecular complexity index is 1110. The topological polar surface area (TPSA) is 76.1 Å².